The molecule has 1 fully saturated rings. The molecular formula is C13H19BrN2O3S. The molecule has 1 saturated heterocycles. The minimum atomic E-state index is -3.48. The van der Waals surface area contributed by atoms with Gasteiger partial charge in [0.15, 0.2) is 0 Å². The summed E-state index contributed by atoms with van der Waals surface area (Å²) in [6.45, 7) is 3.32. The zero-order valence-corrected chi connectivity index (χ0v) is 13.7. The van der Waals surface area contributed by atoms with E-state index in [1.54, 1.807) is 19.1 Å². The zero-order chi connectivity index (χ0) is 14.8. The average Bonchev–Trinajstić information content (AvgIpc) is 2.42. The molecule has 5 nitrogen and oxygen atoms in total. The second kappa shape index (κ2) is 6.53. The molecule has 1 aliphatic heterocycles. The van der Waals surface area contributed by atoms with Crippen LogP contribution in [0.5, 0.6) is 0 Å². The maximum Gasteiger partial charge on any atom is 0.243 e. The van der Waals surface area contributed by atoms with E-state index >= 15 is 0 Å². The van der Waals surface area contributed by atoms with E-state index in [-0.39, 0.29) is 12.6 Å². The minimum Gasteiger partial charge on any atom is -0.396 e. The van der Waals surface area contributed by atoms with Crippen LogP contribution in [-0.2, 0) is 10.0 Å². The summed E-state index contributed by atoms with van der Waals surface area (Å²) in [5, 5.41) is 12.2. The quantitative estimate of drug-likeness (QED) is 0.841. The Labute approximate surface area is 128 Å². The molecule has 1 heterocycles. The van der Waals surface area contributed by atoms with Crippen LogP contribution in [0.15, 0.2) is 27.6 Å². The third-order valence-electron chi connectivity index (χ3n) is 3.46. The summed E-state index contributed by atoms with van der Waals surface area (Å²) in [5.41, 5.74) is 0.741. The van der Waals surface area contributed by atoms with Crippen molar-refractivity contribution in [3.8, 4) is 0 Å². The third-order valence-corrected chi connectivity index (χ3v) is 5.96. The molecule has 2 N–H and O–H groups in total. The van der Waals surface area contributed by atoms with Crippen LogP contribution in [0.1, 0.15) is 12.0 Å². The summed E-state index contributed by atoms with van der Waals surface area (Å²) in [6.07, 6.45) is 0.559. The smallest absolute Gasteiger partial charge is 0.243 e. The Kier molecular flexibility index (Phi) is 5.19. The van der Waals surface area contributed by atoms with Crippen molar-refractivity contribution >= 4 is 26.0 Å². The summed E-state index contributed by atoms with van der Waals surface area (Å²) in [5.74, 6) is 0. The first-order valence-corrected chi connectivity index (χ1v) is 8.79. The van der Waals surface area contributed by atoms with Crippen LogP contribution in [0.25, 0.3) is 0 Å². The molecule has 2 rings (SSSR count). The van der Waals surface area contributed by atoms with Gasteiger partial charge in [0.05, 0.1) is 4.90 Å². The van der Waals surface area contributed by atoms with Crippen LogP contribution in [0.4, 0.5) is 0 Å². The van der Waals surface area contributed by atoms with Crippen molar-refractivity contribution in [1.82, 2.24) is 9.62 Å². The second-order valence-electron chi connectivity index (χ2n) is 4.94. The second-order valence-corrected chi connectivity index (χ2v) is 7.76. The Morgan fingerprint density at radius 2 is 2.25 bits per heavy atom. The SMILES string of the molecule is Cc1ccc(Br)cc1S(=O)(=O)N1CCNC(CCO)C1. The number of piperazine rings is 1. The first kappa shape index (κ1) is 15.9. The maximum atomic E-state index is 12.7. The average molecular weight is 363 g/mol. The molecule has 0 aliphatic carbocycles. The first-order chi connectivity index (χ1) is 9.45. The molecule has 1 atom stereocenters. The van der Waals surface area contributed by atoms with Gasteiger partial charge in [0.1, 0.15) is 0 Å². The minimum absolute atomic E-state index is 0.0102. The zero-order valence-electron chi connectivity index (χ0n) is 11.3. The van der Waals surface area contributed by atoms with Gasteiger partial charge in [0.25, 0.3) is 0 Å². The molecule has 20 heavy (non-hydrogen) atoms. The molecule has 0 aromatic heterocycles. The standard InChI is InChI=1S/C13H19BrN2O3S/c1-10-2-3-11(14)8-13(10)20(18,19)16-6-5-15-12(9-16)4-7-17/h2-3,8,12,15,17H,4-7,9H2,1H3. The van der Waals surface area contributed by atoms with Gasteiger partial charge in [0.2, 0.25) is 10.0 Å². The van der Waals surface area contributed by atoms with Gasteiger partial charge in [-0.2, -0.15) is 4.31 Å². The van der Waals surface area contributed by atoms with E-state index in [0.717, 1.165) is 10.0 Å². The van der Waals surface area contributed by atoms with Crippen molar-refractivity contribution in [2.24, 2.45) is 0 Å². The fourth-order valence-electron chi connectivity index (χ4n) is 2.35. The topological polar surface area (TPSA) is 69.6 Å². The van der Waals surface area contributed by atoms with E-state index in [2.05, 4.69) is 21.2 Å². The molecule has 0 saturated carbocycles. The predicted octanol–water partition coefficient (Wildman–Crippen LogP) is 1.10. The van der Waals surface area contributed by atoms with E-state index in [4.69, 9.17) is 5.11 Å². The Morgan fingerprint density at radius 3 is 2.95 bits per heavy atom. The summed E-state index contributed by atoms with van der Waals surface area (Å²) in [4.78, 5) is 0.344. The number of aliphatic hydroxyl groups excluding tert-OH is 1. The number of halogens is 1. The summed E-state index contributed by atoms with van der Waals surface area (Å²) in [7, 11) is -3.48. The number of benzene rings is 1. The molecule has 7 heteroatoms. The number of rotatable bonds is 4. The van der Waals surface area contributed by atoms with E-state index < -0.39 is 10.0 Å². The number of hydrogen-bond donors (Lipinski definition) is 2. The highest BCUT2D eigenvalue weighted by atomic mass is 79.9. The van der Waals surface area contributed by atoms with Crippen LogP contribution in [0.3, 0.4) is 0 Å². The first-order valence-electron chi connectivity index (χ1n) is 6.55. The van der Waals surface area contributed by atoms with Crippen molar-refractivity contribution in [2.45, 2.75) is 24.3 Å². The lowest BCUT2D eigenvalue weighted by Gasteiger charge is -2.33. The van der Waals surface area contributed by atoms with Gasteiger partial charge < -0.3 is 10.4 Å². The molecule has 1 aromatic rings. The molecule has 1 aromatic carbocycles. The van der Waals surface area contributed by atoms with Crippen molar-refractivity contribution in [3.63, 3.8) is 0 Å². The Morgan fingerprint density at radius 1 is 1.50 bits per heavy atom. The Balaban J connectivity index is 2.27. The third kappa shape index (κ3) is 3.40. The van der Waals surface area contributed by atoms with Crippen LogP contribution >= 0.6 is 15.9 Å². The predicted molar refractivity (Wildman–Crippen MR) is 81.1 cm³/mol. The highest BCUT2D eigenvalue weighted by Gasteiger charge is 2.30. The molecular weight excluding hydrogens is 344 g/mol. The summed E-state index contributed by atoms with van der Waals surface area (Å²) in [6, 6.07) is 5.29. The molecule has 0 amide bonds. The normalized spacial score (nSPS) is 21.1. The van der Waals surface area contributed by atoms with Crippen molar-refractivity contribution < 1.29 is 13.5 Å². The van der Waals surface area contributed by atoms with Crippen molar-refractivity contribution in [2.75, 3.05) is 26.2 Å². The summed E-state index contributed by atoms with van der Waals surface area (Å²) < 4.78 is 27.7. The molecule has 0 bridgehead atoms. The Hall–Kier alpha value is -0.470. The number of nitrogens with one attached hydrogen (secondary N) is 1. The Bertz CT molecular complexity index is 575. The fourth-order valence-corrected chi connectivity index (χ4v) is 4.60. The van der Waals surface area contributed by atoms with Crippen LogP contribution in [0.2, 0.25) is 0 Å². The van der Waals surface area contributed by atoms with Crippen LogP contribution in [0, 0.1) is 6.92 Å². The largest absolute Gasteiger partial charge is 0.396 e. The number of aryl methyl sites for hydroxylation is 1. The van der Waals surface area contributed by atoms with Gasteiger partial charge in [-0.25, -0.2) is 8.42 Å². The number of hydrogen-bond acceptors (Lipinski definition) is 4. The monoisotopic (exact) mass is 362 g/mol. The number of sulfonamides is 1. The number of aliphatic hydroxyl groups is 1. The molecule has 0 radical (unpaired) electrons. The van der Waals surface area contributed by atoms with Gasteiger partial charge in [0, 0.05) is 36.8 Å². The lowest BCUT2D eigenvalue weighted by atomic mass is 10.2. The highest BCUT2D eigenvalue weighted by molar-refractivity contribution is 9.10. The van der Waals surface area contributed by atoms with Crippen molar-refractivity contribution in [3.05, 3.63) is 28.2 Å². The number of nitrogens with zero attached hydrogens (tertiary/aromatic N) is 1. The molecule has 1 unspecified atom stereocenters. The molecule has 1 aliphatic rings. The van der Waals surface area contributed by atoms with Gasteiger partial charge in [-0.3, -0.25) is 0 Å². The van der Waals surface area contributed by atoms with Gasteiger partial charge in [-0.15, -0.1) is 0 Å². The van der Waals surface area contributed by atoms with Crippen LogP contribution < -0.4 is 5.32 Å². The van der Waals surface area contributed by atoms with E-state index in [9.17, 15) is 8.42 Å². The van der Waals surface area contributed by atoms with Crippen molar-refractivity contribution in [1.29, 1.82) is 0 Å². The maximum absolute atomic E-state index is 12.7. The van der Waals surface area contributed by atoms with Gasteiger partial charge in [-0.1, -0.05) is 22.0 Å². The lowest BCUT2D eigenvalue weighted by molar-refractivity contribution is 0.227. The lowest BCUT2D eigenvalue weighted by Crippen LogP contribution is -2.52. The van der Waals surface area contributed by atoms with Crippen LogP contribution in [-0.4, -0.2) is 50.1 Å². The fraction of sp³-hybridized carbons (Fsp3) is 0.538. The van der Waals surface area contributed by atoms with E-state index in [1.807, 2.05) is 6.07 Å². The van der Waals surface area contributed by atoms with E-state index in [0.29, 0.717) is 31.0 Å². The van der Waals surface area contributed by atoms with E-state index in [1.165, 1.54) is 4.31 Å². The highest BCUT2D eigenvalue weighted by Crippen LogP contribution is 2.24. The summed E-state index contributed by atoms with van der Waals surface area (Å²) >= 11 is 3.32. The van der Waals surface area contributed by atoms with Gasteiger partial charge in [-0.05, 0) is 31.0 Å². The molecule has 112 valence electrons. The molecule has 0 spiro atoms. The van der Waals surface area contributed by atoms with Gasteiger partial charge >= 0.3 is 0 Å².